The Morgan fingerprint density at radius 1 is 1.33 bits per heavy atom. The van der Waals surface area contributed by atoms with E-state index in [1.54, 1.807) is 11.9 Å². The molecule has 1 heterocycles. The third-order valence-corrected chi connectivity index (χ3v) is 4.02. The first-order valence-corrected chi connectivity index (χ1v) is 7.37. The predicted molar refractivity (Wildman–Crippen MR) is 71.5 cm³/mol. The molecule has 0 fully saturated rings. The number of nitrogens with one attached hydrogen (secondary N) is 1. The fourth-order valence-corrected chi connectivity index (χ4v) is 2.97. The number of alkyl halides is 2. The summed E-state index contributed by atoms with van der Waals surface area (Å²) >= 11 is 14.2. The van der Waals surface area contributed by atoms with E-state index in [9.17, 15) is 0 Å². The first-order valence-electron chi connectivity index (χ1n) is 5.63. The van der Waals surface area contributed by atoms with Crippen LogP contribution in [0.25, 0.3) is 0 Å². The average Bonchev–Trinajstić information content (AvgIpc) is 2.70. The second kappa shape index (κ2) is 6.93. The first kappa shape index (κ1) is 13.5. The van der Waals surface area contributed by atoms with E-state index in [0.29, 0.717) is 0 Å². The van der Waals surface area contributed by atoms with Crippen molar-refractivity contribution < 1.29 is 0 Å². The summed E-state index contributed by atoms with van der Waals surface area (Å²) in [4.78, 5) is 0. The summed E-state index contributed by atoms with van der Waals surface area (Å²) in [5.41, 5.74) is 0.978. The van der Waals surface area contributed by atoms with Crippen molar-refractivity contribution >= 4 is 35.1 Å². The topological polar surface area (TPSA) is 12.0 Å². The van der Waals surface area contributed by atoms with Crippen molar-refractivity contribution in [2.75, 3.05) is 5.75 Å². The lowest BCUT2D eigenvalue weighted by molar-refractivity contribution is 0.592. The van der Waals surface area contributed by atoms with E-state index in [1.165, 1.54) is 25.7 Å². The third-order valence-electron chi connectivity index (χ3n) is 2.54. The van der Waals surface area contributed by atoms with Crippen molar-refractivity contribution in [1.29, 1.82) is 0 Å². The summed E-state index contributed by atoms with van der Waals surface area (Å²) in [6, 6.07) is 0. The van der Waals surface area contributed by atoms with Gasteiger partial charge in [0.05, 0.1) is 5.70 Å². The highest BCUT2D eigenvalue weighted by Crippen LogP contribution is 2.37. The van der Waals surface area contributed by atoms with Gasteiger partial charge in [-0.3, -0.25) is 0 Å². The summed E-state index contributed by atoms with van der Waals surface area (Å²) in [6.45, 7) is 2.22. The van der Waals surface area contributed by atoms with E-state index < -0.39 is 4.33 Å². The van der Waals surface area contributed by atoms with Crippen molar-refractivity contribution in [2.45, 2.75) is 49.8 Å². The number of allylic oxidation sites excluding steroid dienone is 1. The highest BCUT2D eigenvalue weighted by Gasteiger charge is 2.30. The molecule has 0 atom stereocenters. The van der Waals surface area contributed by atoms with Gasteiger partial charge in [0.2, 0.25) is 0 Å². The van der Waals surface area contributed by atoms with Crippen LogP contribution in [0.4, 0.5) is 0 Å². The fraction of sp³-hybridized carbons (Fsp3) is 0.818. The van der Waals surface area contributed by atoms with Gasteiger partial charge < -0.3 is 4.72 Å². The van der Waals surface area contributed by atoms with Crippen molar-refractivity contribution in [3.63, 3.8) is 0 Å². The molecule has 0 unspecified atom stereocenters. The Bertz CT molecular complexity index is 217. The average molecular weight is 268 g/mol. The smallest absolute Gasteiger partial charge is 0.157 e. The fourth-order valence-electron chi connectivity index (χ4n) is 1.60. The maximum Gasteiger partial charge on any atom is 0.157 e. The van der Waals surface area contributed by atoms with Crippen LogP contribution in [-0.4, -0.2) is 10.1 Å². The lowest BCUT2D eigenvalue weighted by atomic mass is 10.1. The van der Waals surface area contributed by atoms with Gasteiger partial charge in [0.1, 0.15) is 0 Å². The van der Waals surface area contributed by atoms with E-state index >= 15 is 0 Å². The van der Waals surface area contributed by atoms with Gasteiger partial charge in [-0.25, -0.2) is 0 Å². The monoisotopic (exact) mass is 267 g/mol. The molecular weight excluding hydrogens is 249 g/mol. The minimum absolute atomic E-state index is 0.699. The second-order valence-corrected chi connectivity index (χ2v) is 6.21. The zero-order chi connectivity index (χ0) is 11.1. The van der Waals surface area contributed by atoms with Crippen LogP contribution in [0.15, 0.2) is 11.8 Å². The zero-order valence-corrected chi connectivity index (χ0v) is 11.5. The number of halogens is 2. The largest absolute Gasteiger partial charge is 0.331 e. The minimum Gasteiger partial charge on any atom is -0.331 e. The Kier molecular flexibility index (Phi) is 6.25. The molecule has 0 aromatic heterocycles. The molecule has 1 rings (SSSR count). The van der Waals surface area contributed by atoms with Crippen molar-refractivity contribution in [3.05, 3.63) is 11.8 Å². The van der Waals surface area contributed by atoms with Crippen LogP contribution in [0.2, 0.25) is 0 Å². The zero-order valence-electron chi connectivity index (χ0n) is 9.19. The van der Waals surface area contributed by atoms with Gasteiger partial charge in [0.25, 0.3) is 0 Å². The van der Waals surface area contributed by atoms with E-state index in [1.807, 2.05) is 0 Å². The SMILES string of the molecule is CCCCCCCC(Cl)(Cl)C1=CCSN1. The molecule has 1 aliphatic rings. The molecule has 0 bridgehead atoms. The van der Waals surface area contributed by atoms with E-state index in [-0.39, 0.29) is 0 Å². The highest BCUT2D eigenvalue weighted by molar-refractivity contribution is 7.97. The first-order chi connectivity index (χ1) is 7.17. The predicted octanol–water partition coefficient (Wildman–Crippen LogP) is 4.66. The Hall–Kier alpha value is 0.470. The number of unbranched alkanes of at least 4 members (excludes halogenated alkanes) is 4. The van der Waals surface area contributed by atoms with Crippen LogP contribution in [0.5, 0.6) is 0 Å². The maximum atomic E-state index is 6.28. The Balaban J connectivity index is 2.18. The summed E-state index contributed by atoms with van der Waals surface area (Å²) in [7, 11) is 0. The minimum atomic E-state index is -0.699. The Labute approximate surface area is 107 Å². The summed E-state index contributed by atoms with van der Waals surface area (Å²) in [5.74, 6) is 0.965. The molecule has 0 saturated heterocycles. The number of rotatable bonds is 7. The molecule has 15 heavy (non-hydrogen) atoms. The summed E-state index contributed by atoms with van der Waals surface area (Å²) in [5, 5.41) is 0. The van der Waals surface area contributed by atoms with Crippen molar-refractivity contribution in [3.8, 4) is 0 Å². The Morgan fingerprint density at radius 2 is 2.07 bits per heavy atom. The maximum absolute atomic E-state index is 6.28. The van der Waals surface area contributed by atoms with Gasteiger partial charge in [-0.05, 0) is 24.4 Å². The van der Waals surface area contributed by atoms with Crippen LogP contribution < -0.4 is 4.72 Å². The normalized spacial score (nSPS) is 16.3. The van der Waals surface area contributed by atoms with Crippen LogP contribution >= 0.6 is 35.1 Å². The van der Waals surface area contributed by atoms with Crippen LogP contribution in [0.1, 0.15) is 45.4 Å². The van der Waals surface area contributed by atoms with Gasteiger partial charge in [0.15, 0.2) is 4.33 Å². The number of hydrogen-bond acceptors (Lipinski definition) is 2. The van der Waals surface area contributed by atoms with E-state index in [0.717, 1.165) is 24.3 Å². The Morgan fingerprint density at radius 3 is 2.67 bits per heavy atom. The van der Waals surface area contributed by atoms with Crippen molar-refractivity contribution in [1.82, 2.24) is 4.72 Å². The highest BCUT2D eigenvalue weighted by atomic mass is 35.5. The molecule has 0 radical (unpaired) electrons. The molecule has 1 N–H and O–H groups in total. The third kappa shape index (κ3) is 4.88. The molecule has 0 aromatic rings. The van der Waals surface area contributed by atoms with Gasteiger partial charge in [-0.1, -0.05) is 62.2 Å². The molecule has 0 saturated carbocycles. The second-order valence-electron chi connectivity index (χ2n) is 3.90. The van der Waals surface area contributed by atoms with Crippen LogP contribution in [0, 0.1) is 0 Å². The molecule has 4 heteroatoms. The lowest BCUT2D eigenvalue weighted by Gasteiger charge is -2.20. The molecule has 1 aliphatic heterocycles. The molecule has 1 nitrogen and oxygen atoms in total. The van der Waals surface area contributed by atoms with Crippen molar-refractivity contribution in [2.24, 2.45) is 0 Å². The standard InChI is InChI=1S/C11H19Cl2NS/c1-2-3-4-5-6-8-11(12,13)10-7-9-15-14-10/h7,14H,2-6,8-9H2,1H3. The number of hydrogen-bond donors (Lipinski definition) is 1. The summed E-state index contributed by atoms with van der Waals surface area (Å²) < 4.78 is 2.46. The molecule has 0 spiro atoms. The van der Waals surface area contributed by atoms with Gasteiger partial charge in [0, 0.05) is 5.75 Å². The van der Waals surface area contributed by atoms with E-state index in [2.05, 4.69) is 17.7 Å². The molecule has 0 aromatic carbocycles. The molecule has 88 valence electrons. The quantitative estimate of drug-likeness (QED) is 0.409. The van der Waals surface area contributed by atoms with Crippen LogP contribution in [-0.2, 0) is 0 Å². The molecule has 0 amide bonds. The molecule has 0 aliphatic carbocycles. The van der Waals surface area contributed by atoms with Crippen LogP contribution in [0.3, 0.4) is 0 Å². The summed E-state index contributed by atoms with van der Waals surface area (Å²) in [6.07, 6.45) is 9.15. The molecular formula is C11H19Cl2NS. The van der Waals surface area contributed by atoms with Gasteiger partial charge in [-0.15, -0.1) is 0 Å². The van der Waals surface area contributed by atoms with E-state index in [4.69, 9.17) is 23.2 Å². The van der Waals surface area contributed by atoms with Gasteiger partial charge in [-0.2, -0.15) is 0 Å². The van der Waals surface area contributed by atoms with Gasteiger partial charge >= 0.3 is 0 Å². The lowest BCUT2D eigenvalue weighted by Crippen LogP contribution is -2.22.